The molecular formula is C9H11NaO6S. The van der Waals surface area contributed by atoms with Gasteiger partial charge in [-0.1, -0.05) is 6.07 Å². The van der Waals surface area contributed by atoms with Crippen LogP contribution in [0.25, 0.3) is 0 Å². The van der Waals surface area contributed by atoms with E-state index in [1.807, 2.05) is 0 Å². The Kier molecular flexibility index (Phi) is 6.14. The Morgan fingerprint density at radius 1 is 1.47 bits per heavy atom. The van der Waals surface area contributed by atoms with Gasteiger partial charge >= 0.3 is 35.5 Å². The van der Waals surface area contributed by atoms with Crippen molar-refractivity contribution in [3.8, 4) is 5.75 Å². The Bertz CT molecular complexity index is 516. The Morgan fingerprint density at radius 2 is 2.06 bits per heavy atom. The third kappa shape index (κ3) is 4.64. The SMILES string of the molecule is COC(=O)Cc1ccc(O)cc1S(=O)(=O)O.[H-].[Na+]. The van der Waals surface area contributed by atoms with Gasteiger partial charge in [-0.2, -0.15) is 8.42 Å². The molecule has 1 aromatic rings. The molecule has 17 heavy (non-hydrogen) atoms. The normalized spacial score (nSPS) is 10.5. The van der Waals surface area contributed by atoms with Gasteiger partial charge < -0.3 is 11.3 Å². The van der Waals surface area contributed by atoms with E-state index in [1.165, 1.54) is 12.1 Å². The van der Waals surface area contributed by atoms with Crippen LogP contribution in [-0.4, -0.2) is 31.2 Å². The number of carbonyl (C=O) groups excluding carboxylic acids is 1. The molecule has 0 heterocycles. The molecule has 0 radical (unpaired) electrons. The Hall–Kier alpha value is -0.600. The van der Waals surface area contributed by atoms with E-state index in [-0.39, 0.29) is 48.7 Å². The first-order valence-electron chi connectivity index (χ1n) is 4.21. The summed E-state index contributed by atoms with van der Waals surface area (Å²) in [5.74, 6) is -0.961. The summed E-state index contributed by atoms with van der Waals surface area (Å²) in [4.78, 5) is 10.5. The van der Waals surface area contributed by atoms with E-state index in [0.29, 0.717) is 0 Å². The summed E-state index contributed by atoms with van der Waals surface area (Å²) in [7, 11) is -3.32. The Labute approximate surface area is 122 Å². The van der Waals surface area contributed by atoms with Gasteiger partial charge in [0.25, 0.3) is 10.1 Å². The number of phenols is 1. The first-order valence-corrected chi connectivity index (χ1v) is 5.65. The second kappa shape index (κ2) is 6.36. The van der Waals surface area contributed by atoms with Crippen LogP contribution in [0.1, 0.15) is 6.99 Å². The van der Waals surface area contributed by atoms with Crippen molar-refractivity contribution in [3.05, 3.63) is 23.8 Å². The quantitative estimate of drug-likeness (QED) is 0.357. The molecule has 0 aromatic heterocycles. The number of ether oxygens (including phenoxy) is 1. The number of esters is 1. The summed E-state index contributed by atoms with van der Waals surface area (Å²) in [6.45, 7) is 0. The second-order valence-corrected chi connectivity index (χ2v) is 4.41. The summed E-state index contributed by atoms with van der Waals surface area (Å²) < 4.78 is 35.2. The van der Waals surface area contributed by atoms with Crippen LogP contribution in [-0.2, 0) is 26.1 Å². The minimum atomic E-state index is -4.48. The van der Waals surface area contributed by atoms with Crippen molar-refractivity contribution in [2.75, 3.05) is 7.11 Å². The maximum atomic E-state index is 11.0. The zero-order valence-corrected chi connectivity index (χ0v) is 12.2. The van der Waals surface area contributed by atoms with Crippen molar-refractivity contribution >= 4 is 16.1 Å². The molecule has 0 atom stereocenters. The van der Waals surface area contributed by atoms with Crippen molar-refractivity contribution < 1.29 is 58.6 Å². The number of aromatic hydroxyl groups is 1. The monoisotopic (exact) mass is 270 g/mol. The number of hydrogen-bond acceptors (Lipinski definition) is 5. The van der Waals surface area contributed by atoms with E-state index in [0.717, 1.165) is 13.2 Å². The third-order valence-corrected chi connectivity index (χ3v) is 2.83. The molecule has 0 fully saturated rings. The number of rotatable bonds is 3. The van der Waals surface area contributed by atoms with Crippen LogP contribution in [0.15, 0.2) is 23.1 Å². The number of hydrogen-bond donors (Lipinski definition) is 2. The number of carbonyl (C=O) groups is 1. The fraction of sp³-hybridized carbons (Fsp3) is 0.222. The summed E-state index contributed by atoms with van der Waals surface area (Å²) >= 11 is 0. The van der Waals surface area contributed by atoms with Crippen LogP contribution >= 0.6 is 0 Å². The molecule has 2 N–H and O–H groups in total. The van der Waals surface area contributed by atoms with Crippen LogP contribution in [0, 0.1) is 0 Å². The first-order chi connectivity index (χ1) is 7.34. The molecule has 0 bridgehead atoms. The molecule has 1 rings (SSSR count). The molecule has 0 amide bonds. The maximum absolute atomic E-state index is 11.0. The van der Waals surface area contributed by atoms with Gasteiger partial charge in [-0.25, -0.2) is 0 Å². The zero-order valence-electron chi connectivity index (χ0n) is 10.4. The standard InChI is InChI=1S/C9H10O6S.Na.H/c1-15-9(11)4-6-2-3-7(10)5-8(6)16(12,13)14;;/h2-3,5,10H,4H2,1H3,(H,12,13,14);;/q;+1;-1. The van der Waals surface area contributed by atoms with Gasteiger partial charge in [0.15, 0.2) is 0 Å². The molecule has 0 aliphatic carbocycles. The molecule has 8 heteroatoms. The minimum Gasteiger partial charge on any atom is -1.00 e. The van der Waals surface area contributed by atoms with Crippen LogP contribution < -0.4 is 29.6 Å². The van der Waals surface area contributed by atoms with E-state index in [2.05, 4.69) is 4.74 Å². The van der Waals surface area contributed by atoms with E-state index in [4.69, 9.17) is 9.66 Å². The van der Waals surface area contributed by atoms with Crippen LogP contribution in [0.3, 0.4) is 0 Å². The zero-order chi connectivity index (χ0) is 12.3. The van der Waals surface area contributed by atoms with Gasteiger partial charge in [-0.3, -0.25) is 9.35 Å². The van der Waals surface area contributed by atoms with Gasteiger partial charge in [0, 0.05) is 6.07 Å². The van der Waals surface area contributed by atoms with Crippen LogP contribution in [0.5, 0.6) is 5.75 Å². The number of phenolic OH excluding ortho intramolecular Hbond substituents is 1. The van der Waals surface area contributed by atoms with Gasteiger partial charge in [0.1, 0.15) is 10.6 Å². The number of methoxy groups -OCH3 is 1. The number of benzene rings is 1. The summed E-state index contributed by atoms with van der Waals surface area (Å²) in [6, 6.07) is 3.32. The molecule has 0 spiro atoms. The maximum Gasteiger partial charge on any atom is 1.00 e. The fourth-order valence-corrected chi connectivity index (χ4v) is 1.90. The predicted octanol–water partition coefficient (Wildman–Crippen LogP) is -2.53. The second-order valence-electron chi connectivity index (χ2n) is 3.02. The molecular weight excluding hydrogens is 259 g/mol. The summed E-state index contributed by atoms with van der Waals surface area (Å²) in [5, 5.41) is 9.10. The topological polar surface area (TPSA) is 101 Å². The van der Waals surface area contributed by atoms with E-state index >= 15 is 0 Å². The summed E-state index contributed by atoms with van der Waals surface area (Å²) in [5.41, 5.74) is 0.0622. The average Bonchev–Trinajstić information content (AvgIpc) is 2.19. The molecule has 90 valence electrons. The molecule has 0 unspecified atom stereocenters. The molecule has 0 saturated heterocycles. The van der Waals surface area contributed by atoms with Gasteiger partial charge in [0.2, 0.25) is 0 Å². The average molecular weight is 270 g/mol. The van der Waals surface area contributed by atoms with Crippen molar-refractivity contribution in [1.82, 2.24) is 0 Å². The Morgan fingerprint density at radius 3 is 2.53 bits per heavy atom. The van der Waals surface area contributed by atoms with E-state index in [1.54, 1.807) is 0 Å². The predicted molar refractivity (Wildman–Crippen MR) is 54.8 cm³/mol. The largest absolute Gasteiger partial charge is 1.00 e. The van der Waals surface area contributed by atoms with Crippen LogP contribution in [0.4, 0.5) is 0 Å². The van der Waals surface area contributed by atoms with E-state index < -0.39 is 21.0 Å². The van der Waals surface area contributed by atoms with Crippen molar-refractivity contribution in [1.29, 1.82) is 0 Å². The molecule has 0 aliphatic heterocycles. The van der Waals surface area contributed by atoms with Crippen molar-refractivity contribution in [3.63, 3.8) is 0 Å². The third-order valence-electron chi connectivity index (χ3n) is 1.89. The van der Waals surface area contributed by atoms with E-state index in [9.17, 15) is 13.2 Å². The fourth-order valence-electron chi connectivity index (χ4n) is 1.16. The van der Waals surface area contributed by atoms with Gasteiger partial charge in [-0.15, -0.1) is 0 Å². The molecule has 1 aromatic carbocycles. The Balaban J connectivity index is 0. The molecule has 6 nitrogen and oxygen atoms in total. The minimum absolute atomic E-state index is 0. The first kappa shape index (κ1) is 16.4. The smallest absolute Gasteiger partial charge is 1.00 e. The molecule has 0 aliphatic rings. The van der Waals surface area contributed by atoms with Crippen LogP contribution in [0.2, 0.25) is 0 Å². The molecule has 0 saturated carbocycles. The summed E-state index contributed by atoms with van der Waals surface area (Å²) in [6.07, 6.45) is -0.300. The van der Waals surface area contributed by atoms with Crippen molar-refractivity contribution in [2.45, 2.75) is 11.3 Å². The van der Waals surface area contributed by atoms with Crippen molar-refractivity contribution in [2.24, 2.45) is 0 Å². The van der Waals surface area contributed by atoms with Gasteiger partial charge in [-0.05, 0) is 11.6 Å². The van der Waals surface area contributed by atoms with Gasteiger partial charge in [0.05, 0.1) is 13.5 Å².